The fourth-order valence-electron chi connectivity index (χ4n) is 2.36. The molecule has 0 spiro atoms. The molecule has 0 amide bonds. The molecular weight excluding hydrogens is 419 g/mol. The Kier molecular flexibility index (Phi) is 7.22. The van der Waals surface area contributed by atoms with E-state index in [9.17, 15) is 0 Å². The van der Waals surface area contributed by atoms with Crippen molar-refractivity contribution >= 4 is 30.9 Å². The Bertz CT molecular complexity index is 426. The summed E-state index contributed by atoms with van der Waals surface area (Å²) in [7, 11) is -1.75. The highest BCUT2D eigenvalue weighted by Gasteiger charge is 2.40. The SMILES string of the molecule is C[C@H](/C=C1/OC(C)(C)O[C@H]1CCI)[C@H](C)O[Si](C)(C)C(C)(C)C. The van der Waals surface area contributed by atoms with Crippen LogP contribution in [0.4, 0.5) is 0 Å². The van der Waals surface area contributed by atoms with Gasteiger partial charge < -0.3 is 13.9 Å². The lowest BCUT2D eigenvalue weighted by Gasteiger charge is -2.39. The van der Waals surface area contributed by atoms with Gasteiger partial charge in [-0.3, -0.25) is 0 Å². The lowest BCUT2D eigenvalue weighted by Crippen LogP contribution is -2.44. The molecule has 0 saturated carbocycles. The Balaban J connectivity index is 2.82. The molecule has 1 heterocycles. The van der Waals surface area contributed by atoms with Gasteiger partial charge in [-0.05, 0) is 37.6 Å². The standard InChI is InChI=1S/C18H35IO3Si/c1-13(14(2)22-23(8,9)17(3,4)5)12-16-15(10-11-19)20-18(6,7)21-16/h12-15H,10-11H2,1-9H3/b16-12+/t13-,14+,15+/m1/s1. The van der Waals surface area contributed by atoms with Crippen LogP contribution < -0.4 is 0 Å². The molecule has 0 aromatic heterocycles. The van der Waals surface area contributed by atoms with Crippen molar-refractivity contribution in [2.24, 2.45) is 5.92 Å². The van der Waals surface area contributed by atoms with Gasteiger partial charge >= 0.3 is 0 Å². The van der Waals surface area contributed by atoms with Crippen LogP contribution in [0.1, 0.15) is 54.9 Å². The first-order valence-corrected chi connectivity index (χ1v) is 13.0. The van der Waals surface area contributed by atoms with Gasteiger partial charge in [0, 0.05) is 30.3 Å². The molecule has 1 saturated heterocycles. The van der Waals surface area contributed by atoms with Crippen molar-refractivity contribution in [2.45, 2.75) is 91.0 Å². The van der Waals surface area contributed by atoms with E-state index in [0.717, 1.165) is 16.6 Å². The van der Waals surface area contributed by atoms with Gasteiger partial charge in [0.2, 0.25) is 5.79 Å². The summed E-state index contributed by atoms with van der Waals surface area (Å²) in [5.41, 5.74) is 0. The van der Waals surface area contributed by atoms with Gasteiger partial charge in [0.1, 0.15) is 11.9 Å². The Morgan fingerprint density at radius 3 is 2.35 bits per heavy atom. The molecule has 3 nitrogen and oxygen atoms in total. The summed E-state index contributed by atoms with van der Waals surface area (Å²) >= 11 is 2.39. The van der Waals surface area contributed by atoms with E-state index in [2.05, 4.69) is 76.4 Å². The molecule has 0 bridgehead atoms. The molecule has 136 valence electrons. The topological polar surface area (TPSA) is 27.7 Å². The van der Waals surface area contributed by atoms with Crippen molar-refractivity contribution < 1.29 is 13.9 Å². The second kappa shape index (κ2) is 7.75. The molecule has 23 heavy (non-hydrogen) atoms. The number of alkyl halides is 1. The zero-order valence-corrected chi connectivity index (χ0v) is 19.5. The van der Waals surface area contributed by atoms with Crippen LogP contribution in [0.25, 0.3) is 0 Å². The normalized spacial score (nSPS) is 26.2. The van der Waals surface area contributed by atoms with E-state index in [1.54, 1.807) is 0 Å². The highest BCUT2D eigenvalue weighted by molar-refractivity contribution is 14.1. The van der Waals surface area contributed by atoms with Crippen LogP contribution >= 0.6 is 22.6 Å². The maximum atomic E-state index is 6.52. The van der Waals surface area contributed by atoms with Crippen molar-refractivity contribution in [2.75, 3.05) is 4.43 Å². The molecule has 1 rings (SSSR count). The minimum Gasteiger partial charge on any atom is -0.465 e. The molecule has 0 aliphatic carbocycles. The van der Waals surface area contributed by atoms with Crippen LogP contribution in [0, 0.1) is 5.92 Å². The van der Waals surface area contributed by atoms with Crippen molar-refractivity contribution in [1.29, 1.82) is 0 Å². The molecule has 3 atom stereocenters. The van der Waals surface area contributed by atoms with Gasteiger partial charge in [-0.2, -0.15) is 0 Å². The summed E-state index contributed by atoms with van der Waals surface area (Å²) < 4.78 is 19.6. The summed E-state index contributed by atoms with van der Waals surface area (Å²) in [6, 6.07) is 0. The van der Waals surface area contributed by atoms with E-state index in [1.165, 1.54) is 0 Å². The molecule has 0 aromatic carbocycles. The third-order valence-corrected chi connectivity index (χ3v) is 10.1. The summed E-state index contributed by atoms with van der Waals surface area (Å²) in [5, 5.41) is 0.229. The van der Waals surface area contributed by atoms with E-state index >= 15 is 0 Å². The predicted octanol–water partition coefficient (Wildman–Crippen LogP) is 5.89. The van der Waals surface area contributed by atoms with Crippen LogP contribution in [0.5, 0.6) is 0 Å². The van der Waals surface area contributed by atoms with Gasteiger partial charge in [-0.25, -0.2) is 0 Å². The largest absolute Gasteiger partial charge is 0.465 e. The Morgan fingerprint density at radius 1 is 1.30 bits per heavy atom. The van der Waals surface area contributed by atoms with E-state index in [-0.39, 0.29) is 17.2 Å². The fourth-order valence-corrected chi connectivity index (χ4v) is 4.42. The van der Waals surface area contributed by atoms with Gasteiger partial charge in [0.25, 0.3) is 0 Å². The highest BCUT2D eigenvalue weighted by atomic mass is 127. The summed E-state index contributed by atoms with van der Waals surface area (Å²) in [5.74, 6) is 0.754. The first kappa shape index (κ1) is 21.4. The first-order chi connectivity index (χ1) is 10.3. The minimum atomic E-state index is -1.75. The number of hydrogen-bond acceptors (Lipinski definition) is 3. The zero-order valence-electron chi connectivity index (χ0n) is 16.3. The Labute approximate surface area is 157 Å². The molecule has 1 aliphatic rings. The zero-order chi connectivity index (χ0) is 18.1. The van der Waals surface area contributed by atoms with Crippen molar-refractivity contribution in [3.05, 3.63) is 11.8 Å². The summed E-state index contributed by atoms with van der Waals surface area (Å²) in [6.45, 7) is 19.8. The lowest BCUT2D eigenvalue weighted by molar-refractivity contribution is -0.133. The monoisotopic (exact) mass is 454 g/mol. The van der Waals surface area contributed by atoms with E-state index in [0.29, 0.717) is 5.92 Å². The van der Waals surface area contributed by atoms with Gasteiger partial charge in [-0.15, -0.1) is 0 Å². The Hall–Kier alpha value is 0.407. The maximum Gasteiger partial charge on any atom is 0.205 e. The van der Waals surface area contributed by atoms with E-state index in [4.69, 9.17) is 13.9 Å². The highest BCUT2D eigenvalue weighted by Crippen LogP contribution is 2.39. The molecule has 0 unspecified atom stereocenters. The average Bonchev–Trinajstić information content (AvgIpc) is 2.62. The van der Waals surface area contributed by atoms with Crippen molar-refractivity contribution in [3.63, 3.8) is 0 Å². The van der Waals surface area contributed by atoms with Crippen LogP contribution in [0.2, 0.25) is 18.1 Å². The summed E-state index contributed by atoms with van der Waals surface area (Å²) in [6.07, 6.45) is 3.45. The minimum absolute atomic E-state index is 0.0735. The molecule has 0 aromatic rings. The van der Waals surface area contributed by atoms with Crippen LogP contribution in [-0.2, 0) is 13.9 Å². The third kappa shape index (κ3) is 6.01. The van der Waals surface area contributed by atoms with Gasteiger partial charge in [0.05, 0.1) is 0 Å². The van der Waals surface area contributed by atoms with Crippen LogP contribution in [-0.4, -0.2) is 30.7 Å². The third-order valence-electron chi connectivity index (χ3n) is 4.93. The molecule has 1 aliphatic heterocycles. The maximum absolute atomic E-state index is 6.52. The summed E-state index contributed by atoms with van der Waals surface area (Å²) in [4.78, 5) is 0. The second-order valence-electron chi connectivity index (χ2n) is 8.60. The quantitative estimate of drug-likeness (QED) is 0.284. The Morgan fingerprint density at radius 2 is 1.87 bits per heavy atom. The number of hydrogen-bond donors (Lipinski definition) is 0. The van der Waals surface area contributed by atoms with E-state index < -0.39 is 14.1 Å². The van der Waals surface area contributed by atoms with Gasteiger partial charge in [-0.1, -0.05) is 50.3 Å². The number of halogens is 1. The van der Waals surface area contributed by atoms with Crippen molar-refractivity contribution in [1.82, 2.24) is 0 Å². The lowest BCUT2D eigenvalue weighted by atomic mass is 10.0. The number of rotatable bonds is 6. The number of ether oxygens (including phenoxy) is 2. The molecule has 5 heteroatoms. The fraction of sp³-hybridized carbons (Fsp3) is 0.889. The van der Waals surface area contributed by atoms with Crippen LogP contribution in [0.3, 0.4) is 0 Å². The second-order valence-corrected chi connectivity index (χ2v) is 14.4. The van der Waals surface area contributed by atoms with Crippen molar-refractivity contribution in [3.8, 4) is 0 Å². The molecular formula is C18H35IO3Si. The first-order valence-electron chi connectivity index (χ1n) is 8.61. The predicted molar refractivity (Wildman–Crippen MR) is 109 cm³/mol. The average molecular weight is 454 g/mol. The molecule has 1 fully saturated rings. The smallest absolute Gasteiger partial charge is 0.205 e. The molecule has 0 radical (unpaired) electrons. The van der Waals surface area contributed by atoms with E-state index in [1.807, 2.05) is 13.8 Å². The molecule has 0 N–H and O–H groups in total. The van der Waals surface area contributed by atoms with Gasteiger partial charge in [0.15, 0.2) is 8.32 Å². The van der Waals surface area contributed by atoms with Crippen LogP contribution in [0.15, 0.2) is 11.8 Å².